The van der Waals surface area contributed by atoms with Crippen LogP contribution in [0.3, 0.4) is 0 Å². The number of nitrogens with two attached hydrogens (primary N) is 1. The molecule has 64 valence electrons. The smallest absolute Gasteiger partial charge is 0.239 e. The first-order valence-electron chi connectivity index (χ1n) is 4.30. The van der Waals surface area contributed by atoms with E-state index in [0.29, 0.717) is 0 Å². The number of likely N-dealkylation sites (tertiary alicyclic amines) is 1. The number of rotatable bonds is 2. The van der Waals surface area contributed by atoms with Crippen LogP contribution in [0, 0.1) is 0 Å². The minimum Gasteiger partial charge on any atom is -0.341 e. The van der Waals surface area contributed by atoms with Crippen molar-refractivity contribution in [1.82, 2.24) is 4.90 Å². The molecule has 0 aromatic heterocycles. The topological polar surface area (TPSA) is 46.3 Å². The van der Waals surface area contributed by atoms with E-state index in [0.717, 1.165) is 32.4 Å². The van der Waals surface area contributed by atoms with Crippen molar-refractivity contribution in [2.45, 2.75) is 32.2 Å². The van der Waals surface area contributed by atoms with Crippen LogP contribution in [-0.4, -0.2) is 29.9 Å². The van der Waals surface area contributed by atoms with E-state index in [1.54, 1.807) is 0 Å². The number of hydrogen-bond donors (Lipinski definition) is 1. The van der Waals surface area contributed by atoms with E-state index in [-0.39, 0.29) is 11.9 Å². The summed E-state index contributed by atoms with van der Waals surface area (Å²) in [6.45, 7) is 3.76. The van der Waals surface area contributed by atoms with Gasteiger partial charge >= 0.3 is 0 Å². The summed E-state index contributed by atoms with van der Waals surface area (Å²) in [6.07, 6.45) is 3.03. The van der Waals surface area contributed by atoms with Gasteiger partial charge in [-0.05, 0) is 19.3 Å². The third-order valence-electron chi connectivity index (χ3n) is 2.17. The predicted molar refractivity (Wildman–Crippen MR) is 44.1 cm³/mol. The lowest BCUT2D eigenvalue weighted by Crippen LogP contribution is -2.41. The van der Waals surface area contributed by atoms with Crippen molar-refractivity contribution in [3.8, 4) is 0 Å². The fourth-order valence-electron chi connectivity index (χ4n) is 1.35. The van der Waals surface area contributed by atoms with Crippen LogP contribution < -0.4 is 5.73 Å². The third-order valence-corrected chi connectivity index (χ3v) is 2.17. The molecule has 0 bridgehead atoms. The van der Waals surface area contributed by atoms with Crippen LogP contribution in [0.4, 0.5) is 0 Å². The van der Waals surface area contributed by atoms with Crippen molar-refractivity contribution in [3.05, 3.63) is 0 Å². The van der Waals surface area contributed by atoms with E-state index in [4.69, 9.17) is 5.73 Å². The summed E-state index contributed by atoms with van der Waals surface area (Å²) >= 11 is 0. The maximum atomic E-state index is 11.4. The predicted octanol–water partition coefficient (Wildman–Crippen LogP) is 0.346. The molecule has 0 spiro atoms. The van der Waals surface area contributed by atoms with Crippen molar-refractivity contribution in [1.29, 1.82) is 0 Å². The van der Waals surface area contributed by atoms with Gasteiger partial charge in [0, 0.05) is 13.1 Å². The molecular formula is C8H16N2O. The van der Waals surface area contributed by atoms with Gasteiger partial charge < -0.3 is 10.6 Å². The Balaban J connectivity index is 2.39. The fraction of sp³-hybridized carbons (Fsp3) is 0.875. The van der Waals surface area contributed by atoms with Crippen LogP contribution in [0.1, 0.15) is 26.2 Å². The molecule has 0 saturated carbocycles. The van der Waals surface area contributed by atoms with Gasteiger partial charge in [0.2, 0.25) is 5.91 Å². The lowest BCUT2D eigenvalue weighted by molar-refractivity contribution is -0.131. The molecule has 3 nitrogen and oxygen atoms in total. The molecule has 1 heterocycles. The van der Waals surface area contributed by atoms with E-state index in [9.17, 15) is 4.79 Å². The summed E-state index contributed by atoms with van der Waals surface area (Å²) in [4.78, 5) is 13.2. The minimum absolute atomic E-state index is 0.130. The van der Waals surface area contributed by atoms with E-state index in [1.807, 2.05) is 11.8 Å². The van der Waals surface area contributed by atoms with E-state index in [1.165, 1.54) is 0 Å². The molecule has 0 aromatic carbocycles. The summed E-state index contributed by atoms with van der Waals surface area (Å²) in [5.41, 5.74) is 5.61. The molecule has 11 heavy (non-hydrogen) atoms. The molecule has 0 aliphatic carbocycles. The van der Waals surface area contributed by atoms with E-state index >= 15 is 0 Å². The minimum atomic E-state index is -0.270. The Morgan fingerprint density at radius 2 is 2.09 bits per heavy atom. The highest BCUT2D eigenvalue weighted by molar-refractivity contribution is 5.81. The second-order valence-corrected chi connectivity index (χ2v) is 3.05. The molecule has 1 atom stereocenters. The second-order valence-electron chi connectivity index (χ2n) is 3.05. The number of amides is 1. The summed E-state index contributed by atoms with van der Waals surface area (Å²) in [6, 6.07) is -0.270. The average molecular weight is 156 g/mol. The Bertz CT molecular complexity index is 141. The van der Waals surface area contributed by atoms with Gasteiger partial charge in [-0.1, -0.05) is 6.92 Å². The van der Waals surface area contributed by atoms with Gasteiger partial charge in [0.15, 0.2) is 0 Å². The molecule has 1 saturated heterocycles. The SMILES string of the molecule is CC[C@@H](N)C(=O)N1CCCC1. The summed E-state index contributed by atoms with van der Waals surface area (Å²) in [7, 11) is 0. The summed E-state index contributed by atoms with van der Waals surface area (Å²) in [5, 5.41) is 0. The molecule has 1 rings (SSSR count). The van der Waals surface area contributed by atoms with Gasteiger partial charge in [-0.3, -0.25) is 4.79 Å². The van der Waals surface area contributed by atoms with Crippen molar-refractivity contribution in [2.75, 3.05) is 13.1 Å². The molecule has 0 aromatic rings. The first-order valence-corrected chi connectivity index (χ1v) is 4.30. The Morgan fingerprint density at radius 3 is 2.55 bits per heavy atom. The Kier molecular flexibility index (Phi) is 2.88. The lowest BCUT2D eigenvalue weighted by atomic mass is 10.2. The zero-order valence-electron chi connectivity index (χ0n) is 7.05. The summed E-state index contributed by atoms with van der Waals surface area (Å²) < 4.78 is 0. The van der Waals surface area contributed by atoms with Crippen LogP contribution in [0.2, 0.25) is 0 Å². The molecule has 2 N–H and O–H groups in total. The zero-order valence-corrected chi connectivity index (χ0v) is 7.05. The van der Waals surface area contributed by atoms with E-state index < -0.39 is 0 Å². The van der Waals surface area contributed by atoms with Crippen molar-refractivity contribution in [2.24, 2.45) is 5.73 Å². The third kappa shape index (κ3) is 1.93. The first-order chi connectivity index (χ1) is 5.25. The van der Waals surface area contributed by atoms with Crippen molar-refractivity contribution >= 4 is 5.91 Å². The highest BCUT2D eigenvalue weighted by Crippen LogP contribution is 2.08. The Hall–Kier alpha value is -0.570. The van der Waals surface area contributed by atoms with Crippen LogP contribution in [0.5, 0.6) is 0 Å². The maximum absolute atomic E-state index is 11.4. The average Bonchev–Trinajstić information content (AvgIpc) is 2.53. The number of carbonyl (C=O) groups excluding carboxylic acids is 1. The highest BCUT2D eigenvalue weighted by Gasteiger charge is 2.21. The molecule has 1 amide bonds. The van der Waals surface area contributed by atoms with E-state index in [2.05, 4.69) is 0 Å². The molecule has 1 fully saturated rings. The van der Waals surface area contributed by atoms with Crippen molar-refractivity contribution < 1.29 is 4.79 Å². The monoisotopic (exact) mass is 156 g/mol. The standard InChI is InChI=1S/C8H16N2O/c1-2-7(9)8(11)10-5-3-4-6-10/h7H,2-6,9H2,1H3/t7-/m1/s1. The number of nitrogens with zero attached hydrogens (tertiary/aromatic N) is 1. The highest BCUT2D eigenvalue weighted by atomic mass is 16.2. The number of carbonyl (C=O) groups is 1. The largest absolute Gasteiger partial charge is 0.341 e. The Morgan fingerprint density at radius 1 is 1.55 bits per heavy atom. The molecule has 0 radical (unpaired) electrons. The van der Waals surface area contributed by atoms with Crippen LogP contribution in [0.15, 0.2) is 0 Å². The van der Waals surface area contributed by atoms with Crippen LogP contribution >= 0.6 is 0 Å². The summed E-state index contributed by atoms with van der Waals surface area (Å²) in [5.74, 6) is 0.130. The molecule has 1 aliphatic heterocycles. The van der Waals surface area contributed by atoms with Crippen LogP contribution in [-0.2, 0) is 4.79 Å². The molecular weight excluding hydrogens is 140 g/mol. The van der Waals surface area contributed by atoms with Gasteiger partial charge in [0.05, 0.1) is 6.04 Å². The molecule has 3 heteroatoms. The molecule has 1 aliphatic rings. The molecule has 0 unspecified atom stereocenters. The fourth-order valence-corrected chi connectivity index (χ4v) is 1.35. The Labute approximate surface area is 67.5 Å². The maximum Gasteiger partial charge on any atom is 0.239 e. The quantitative estimate of drug-likeness (QED) is 0.627. The van der Waals surface area contributed by atoms with Gasteiger partial charge in [-0.2, -0.15) is 0 Å². The van der Waals surface area contributed by atoms with Gasteiger partial charge in [-0.25, -0.2) is 0 Å². The van der Waals surface area contributed by atoms with Crippen LogP contribution in [0.25, 0.3) is 0 Å². The van der Waals surface area contributed by atoms with Crippen molar-refractivity contribution in [3.63, 3.8) is 0 Å². The zero-order chi connectivity index (χ0) is 8.27. The van der Waals surface area contributed by atoms with Gasteiger partial charge in [-0.15, -0.1) is 0 Å². The number of hydrogen-bond acceptors (Lipinski definition) is 2. The second kappa shape index (κ2) is 3.72. The van der Waals surface area contributed by atoms with Gasteiger partial charge in [0.1, 0.15) is 0 Å². The first kappa shape index (κ1) is 8.53. The normalized spacial score (nSPS) is 20.4. The van der Waals surface area contributed by atoms with Gasteiger partial charge in [0.25, 0.3) is 0 Å². The lowest BCUT2D eigenvalue weighted by Gasteiger charge is -2.18.